The fourth-order valence-electron chi connectivity index (χ4n) is 1.84. The Labute approximate surface area is 115 Å². The minimum atomic E-state index is -0.0521. The summed E-state index contributed by atoms with van der Waals surface area (Å²) < 4.78 is 1.69. The third-order valence-corrected chi connectivity index (χ3v) is 3.52. The summed E-state index contributed by atoms with van der Waals surface area (Å²) in [6, 6.07) is 0.705. The van der Waals surface area contributed by atoms with Crippen LogP contribution < -0.4 is 10.9 Å². The average molecular weight is 266 g/mol. The fraction of sp³-hybridized carbons (Fsp3) is 0.714. The van der Waals surface area contributed by atoms with Crippen molar-refractivity contribution < 1.29 is 0 Å². The zero-order chi connectivity index (χ0) is 14.4. The Morgan fingerprint density at radius 3 is 2.68 bits per heavy atom. The van der Waals surface area contributed by atoms with Gasteiger partial charge in [0.05, 0.1) is 0 Å². The molecule has 1 N–H and O–H groups in total. The lowest BCUT2D eigenvalue weighted by Crippen LogP contribution is -2.34. The molecule has 0 radical (unpaired) electrons. The molecule has 0 aliphatic carbocycles. The van der Waals surface area contributed by atoms with E-state index in [1.807, 2.05) is 13.8 Å². The third kappa shape index (κ3) is 4.35. The zero-order valence-corrected chi connectivity index (χ0v) is 12.7. The minimum absolute atomic E-state index is 0.0521. The van der Waals surface area contributed by atoms with Crippen molar-refractivity contribution in [3.8, 4) is 0 Å². The van der Waals surface area contributed by atoms with Crippen LogP contribution in [0.25, 0.3) is 0 Å². The van der Waals surface area contributed by atoms with Crippen LogP contribution in [0, 0.1) is 0 Å². The van der Waals surface area contributed by atoms with Crippen LogP contribution in [0.1, 0.15) is 40.2 Å². The molecule has 1 aromatic heterocycles. The van der Waals surface area contributed by atoms with Gasteiger partial charge in [-0.05, 0) is 34.2 Å². The Bertz CT molecular complexity index is 441. The molecule has 19 heavy (non-hydrogen) atoms. The quantitative estimate of drug-likeness (QED) is 0.819. The monoisotopic (exact) mass is 266 g/mol. The molecule has 108 valence electrons. The molecular weight excluding hydrogens is 240 g/mol. The second-order valence-electron chi connectivity index (χ2n) is 5.25. The number of hydrogen-bond donors (Lipinski definition) is 1. The molecule has 0 aliphatic heterocycles. The highest BCUT2D eigenvalue weighted by atomic mass is 16.1. The zero-order valence-electron chi connectivity index (χ0n) is 12.7. The first-order valence-electron chi connectivity index (χ1n) is 6.98. The van der Waals surface area contributed by atoms with Gasteiger partial charge in [0.2, 0.25) is 0 Å². The van der Waals surface area contributed by atoms with E-state index >= 15 is 0 Å². The molecule has 0 fully saturated rings. The first kappa shape index (κ1) is 15.7. The van der Waals surface area contributed by atoms with Crippen molar-refractivity contribution in [2.45, 2.75) is 46.2 Å². The van der Waals surface area contributed by atoms with Gasteiger partial charge in [-0.25, -0.2) is 4.98 Å². The molecule has 0 aliphatic rings. The summed E-state index contributed by atoms with van der Waals surface area (Å²) in [5.41, 5.74) is -0.0521. The molecule has 5 heteroatoms. The normalized spacial score (nSPS) is 13.0. The lowest BCUT2D eigenvalue weighted by Gasteiger charge is -2.23. The van der Waals surface area contributed by atoms with Crippen molar-refractivity contribution in [1.29, 1.82) is 0 Å². The van der Waals surface area contributed by atoms with Gasteiger partial charge >= 0.3 is 0 Å². The van der Waals surface area contributed by atoms with E-state index in [-0.39, 0.29) is 11.6 Å². The summed E-state index contributed by atoms with van der Waals surface area (Å²) in [5.74, 6) is 0.439. The largest absolute Gasteiger partial charge is 0.364 e. The Morgan fingerprint density at radius 1 is 1.42 bits per heavy atom. The van der Waals surface area contributed by atoms with Crippen LogP contribution in [0.2, 0.25) is 0 Å². The minimum Gasteiger partial charge on any atom is -0.364 e. The van der Waals surface area contributed by atoms with Crippen LogP contribution in [0.4, 0.5) is 5.82 Å². The lowest BCUT2D eigenvalue weighted by atomic mass is 10.2. The van der Waals surface area contributed by atoms with E-state index < -0.39 is 0 Å². The number of rotatable bonds is 7. The maximum atomic E-state index is 12.1. The topological polar surface area (TPSA) is 50.2 Å². The van der Waals surface area contributed by atoms with Crippen LogP contribution in [0.5, 0.6) is 0 Å². The van der Waals surface area contributed by atoms with Crippen molar-refractivity contribution >= 4 is 5.82 Å². The molecule has 1 atom stereocenters. The first-order chi connectivity index (χ1) is 8.97. The highest BCUT2D eigenvalue weighted by Gasteiger charge is 2.08. The first-order valence-corrected chi connectivity index (χ1v) is 6.98. The Morgan fingerprint density at radius 2 is 2.11 bits per heavy atom. The molecule has 0 saturated carbocycles. The Kier molecular flexibility index (Phi) is 6.02. The van der Waals surface area contributed by atoms with E-state index in [1.165, 1.54) is 0 Å². The molecule has 1 unspecified atom stereocenters. The SMILES string of the molecule is CCC(C)N(C)CCNc1nccn(C(C)C)c1=O. The number of nitrogens with zero attached hydrogens (tertiary/aromatic N) is 3. The molecule has 1 aromatic rings. The highest BCUT2D eigenvalue weighted by Crippen LogP contribution is 2.02. The van der Waals surface area contributed by atoms with Gasteiger partial charge in [-0.15, -0.1) is 0 Å². The van der Waals surface area contributed by atoms with E-state index in [9.17, 15) is 4.79 Å². The second-order valence-corrected chi connectivity index (χ2v) is 5.25. The smallest absolute Gasteiger partial charge is 0.293 e. The number of likely N-dealkylation sites (N-methyl/N-ethyl adjacent to an activating group) is 1. The van der Waals surface area contributed by atoms with Gasteiger partial charge < -0.3 is 14.8 Å². The fourth-order valence-corrected chi connectivity index (χ4v) is 1.84. The van der Waals surface area contributed by atoms with Crippen LogP contribution in [0.3, 0.4) is 0 Å². The van der Waals surface area contributed by atoms with Gasteiger partial charge in [-0.3, -0.25) is 4.79 Å². The average Bonchev–Trinajstić information content (AvgIpc) is 2.39. The summed E-state index contributed by atoms with van der Waals surface area (Å²) in [6.07, 6.45) is 4.52. The third-order valence-electron chi connectivity index (χ3n) is 3.52. The van der Waals surface area contributed by atoms with E-state index in [4.69, 9.17) is 0 Å². The van der Waals surface area contributed by atoms with Crippen molar-refractivity contribution in [2.24, 2.45) is 0 Å². The molecule has 0 saturated heterocycles. The Hall–Kier alpha value is -1.36. The van der Waals surface area contributed by atoms with Gasteiger partial charge in [-0.2, -0.15) is 0 Å². The van der Waals surface area contributed by atoms with Crippen LogP contribution in [-0.4, -0.2) is 40.6 Å². The summed E-state index contributed by atoms with van der Waals surface area (Å²) in [4.78, 5) is 18.5. The lowest BCUT2D eigenvalue weighted by molar-refractivity contribution is 0.261. The van der Waals surface area contributed by atoms with Crippen molar-refractivity contribution in [3.05, 3.63) is 22.7 Å². The molecule has 0 bridgehead atoms. The van der Waals surface area contributed by atoms with Crippen LogP contribution >= 0.6 is 0 Å². The Balaban J connectivity index is 2.59. The van der Waals surface area contributed by atoms with Gasteiger partial charge in [0, 0.05) is 37.6 Å². The van der Waals surface area contributed by atoms with E-state index in [1.54, 1.807) is 17.0 Å². The van der Waals surface area contributed by atoms with Crippen LogP contribution in [-0.2, 0) is 0 Å². The summed E-state index contributed by atoms with van der Waals surface area (Å²) in [7, 11) is 2.10. The highest BCUT2D eigenvalue weighted by molar-refractivity contribution is 5.30. The molecule has 0 spiro atoms. The maximum Gasteiger partial charge on any atom is 0.293 e. The summed E-state index contributed by atoms with van der Waals surface area (Å²) in [5, 5.41) is 3.13. The van der Waals surface area contributed by atoms with E-state index in [0.29, 0.717) is 11.9 Å². The van der Waals surface area contributed by atoms with Crippen LogP contribution in [0.15, 0.2) is 17.2 Å². The summed E-state index contributed by atoms with van der Waals surface area (Å²) >= 11 is 0. The van der Waals surface area contributed by atoms with E-state index in [2.05, 4.69) is 36.1 Å². The number of aromatic nitrogens is 2. The maximum absolute atomic E-state index is 12.1. The standard InChI is InChI=1S/C14H26N4O/c1-6-12(4)17(5)9-7-15-13-14(19)18(11(2)3)10-8-16-13/h8,10-12H,6-7,9H2,1-5H3,(H,15,16). The molecule has 5 nitrogen and oxygen atoms in total. The van der Waals surface area contributed by atoms with Gasteiger partial charge in [0.1, 0.15) is 0 Å². The van der Waals surface area contributed by atoms with Crippen molar-refractivity contribution in [2.75, 3.05) is 25.5 Å². The second kappa shape index (κ2) is 7.28. The molecular formula is C14H26N4O. The van der Waals surface area contributed by atoms with Crippen molar-refractivity contribution in [3.63, 3.8) is 0 Å². The van der Waals surface area contributed by atoms with Gasteiger partial charge in [0.25, 0.3) is 5.56 Å². The number of nitrogens with one attached hydrogen (secondary N) is 1. The molecule has 0 aromatic carbocycles. The summed E-state index contributed by atoms with van der Waals surface area (Å²) in [6.45, 7) is 9.98. The molecule has 0 amide bonds. The van der Waals surface area contributed by atoms with Gasteiger partial charge in [-0.1, -0.05) is 6.92 Å². The predicted octanol–water partition coefficient (Wildman–Crippen LogP) is 1.97. The van der Waals surface area contributed by atoms with Gasteiger partial charge in [0.15, 0.2) is 5.82 Å². The molecule has 1 heterocycles. The predicted molar refractivity (Wildman–Crippen MR) is 79.8 cm³/mol. The number of hydrogen-bond acceptors (Lipinski definition) is 4. The molecule has 1 rings (SSSR count). The van der Waals surface area contributed by atoms with E-state index in [0.717, 1.165) is 19.5 Å². The van der Waals surface area contributed by atoms with Crippen molar-refractivity contribution in [1.82, 2.24) is 14.5 Å². The number of anilines is 1.